The van der Waals surface area contributed by atoms with Gasteiger partial charge in [-0.3, -0.25) is 20.1 Å². The van der Waals surface area contributed by atoms with Crippen LogP contribution >= 0.6 is 0 Å². The van der Waals surface area contributed by atoms with Gasteiger partial charge in [-0.2, -0.15) is 5.10 Å². The molecule has 8 nitrogen and oxygen atoms in total. The van der Waals surface area contributed by atoms with Gasteiger partial charge in [0.25, 0.3) is 0 Å². The molecule has 0 radical (unpaired) electrons. The van der Waals surface area contributed by atoms with E-state index >= 15 is 0 Å². The molecule has 1 aliphatic carbocycles. The molecule has 24 heavy (non-hydrogen) atoms. The maximum Gasteiger partial charge on any atom is 0.321 e. The number of nitrogens with zero attached hydrogens (tertiary/aromatic N) is 3. The van der Waals surface area contributed by atoms with Gasteiger partial charge in [-0.05, 0) is 32.7 Å². The standard InChI is InChI=1S/C16H26N6O2/c1-11-17-15(21-20-11)12-7-8-22(9-12)10-14(23)19-16(24)18-13-5-3-2-4-6-13/h12-13H,2-10H2,1H3,(H,17,20,21)(H2,18,19,23,24). The molecule has 1 aromatic heterocycles. The van der Waals surface area contributed by atoms with Gasteiger partial charge in [0.1, 0.15) is 5.82 Å². The second-order valence-electron chi connectivity index (χ2n) is 6.86. The summed E-state index contributed by atoms with van der Waals surface area (Å²) in [6.45, 7) is 3.67. The first-order valence-electron chi connectivity index (χ1n) is 8.82. The van der Waals surface area contributed by atoms with E-state index in [0.29, 0.717) is 0 Å². The highest BCUT2D eigenvalue weighted by Gasteiger charge is 2.28. The van der Waals surface area contributed by atoms with E-state index in [-0.39, 0.29) is 30.4 Å². The topological polar surface area (TPSA) is 103 Å². The van der Waals surface area contributed by atoms with Crippen LogP contribution < -0.4 is 10.6 Å². The molecular formula is C16H26N6O2. The molecule has 1 aromatic rings. The number of imide groups is 1. The van der Waals surface area contributed by atoms with Gasteiger partial charge in [0, 0.05) is 18.5 Å². The van der Waals surface area contributed by atoms with Crippen molar-refractivity contribution >= 4 is 11.9 Å². The van der Waals surface area contributed by atoms with Crippen LogP contribution in [0.5, 0.6) is 0 Å². The Morgan fingerprint density at radius 1 is 1.25 bits per heavy atom. The van der Waals surface area contributed by atoms with Crippen molar-refractivity contribution in [2.24, 2.45) is 0 Å². The summed E-state index contributed by atoms with van der Waals surface area (Å²) < 4.78 is 0. The van der Waals surface area contributed by atoms with Crippen molar-refractivity contribution in [3.05, 3.63) is 11.6 Å². The smallest absolute Gasteiger partial charge is 0.321 e. The first-order valence-corrected chi connectivity index (χ1v) is 8.82. The minimum atomic E-state index is -0.368. The first-order chi connectivity index (χ1) is 11.6. The lowest BCUT2D eigenvalue weighted by Crippen LogP contribution is -2.47. The van der Waals surface area contributed by atoms with Gasteiger partial charge in [-0.15, -0.1) is 0 Å². The zero-order valence-corrected chi connectivity index (χ0v) is 14.2. The lowest BCUT2D eigenvalue weighted by atomic mass is 9.96. The van der Waals surface area contributed by atoms with Crippen LogP contribution in [0.3, 0.4) is 0 Å². The fourth-order valence-electron chi connectivity index (χ4n) is 3.57. The molecule has 1 atom stereocenters. The Hall–Kier alpha value is -1.96. The summed E-state index contributed by atoms with van der Waals surface area (Å²) in [5.74, 6) is 1.61. The third-order valence-corrected chi connectivity index (χ3v) is 4.81. The number of aromatic nitrogens is 3. The molecule has 3 N–H and O–H groups in total. The molecule has 8 heteroatoms. The van der Waals surface area contributed by atoms with Crippen LogP contribution in [0.25, 0.3) is 0 Å². The summed E-state index contributed by atoms with van der Waals surface area (Å²) in [5, 5.41) is 12.4. The normalized spacial score (nSPS) is 22.5. The van der Waals surface area contributed by atoms with E-state index in [4.69, 9.17) is 0 Å². The van der Waals surface area contributed by atoms with E-state index in [1.807, 2.05) is 11.8 Å². The van der Waals surface area contributed by atoms with E-state index in [9.17, 15) is 9.59 Å². The van der Waals surface area contributed by atoms with Crippen LogP contribution in [0.2, 0.25) is 0 Å². The number of rotatable bonds is 4. The predicted molar refractivity (Wildman–Crippen MR) is 88.5 cm³/mol. The zero-order valence-electron chi connectivity index (χ0n) is 14.2. The quantitative estimate of drug-likeness (QED) is 0.764. The molecule has 1 aliphatic heterocycles. The fraction of sp³-hybridized carbons (Fsp3) is 0.750. The van der Waals surface area contributed by atoms with E-state index in [1.165, 1.54) is 6.42 Å². The monoisotopic (exact) mass is 334 g/mol. The molecular weight excluding hydrogens is 308 g/mol. The minimum absolute atomic E-state index is 0.205. The summed E-state index contributed by atoms with van der Waals surface area (Å²) in [6.07, 6.45) is 6.47. The van der Waals surface area contributed by atoms with Crippen molar-refractivity contribution < 1.29 is 9.59 Å². The number of aromatic amines is 1. The number of nitrogens with one attached hydrogen (secondary N) is 3. The van der Waals surface area contributed by atoms with E-state index in [0.717, 1.165) is 56.8 Å². The van der Waals surface area contributed by atoms with Crippen molar-refractivity contribution in [3.8, 4) is 0 Å². The van der Waals surface area contributed by atoms with Crippen molar-refractivity contribution in [3.63, 3.8) is 0 Å². The minimum Gasteiger partial charge on any atom is -0.335 e. The zero-order chi connectivity index (χ0) is 16.9. The van der Waals surface area contributed by atoms with Gasteiger partial charge in [0.05, 0.1) is 6.54 Å². The van der Waals surface area contributed by atoms with Gasteiger partial charge in [-0.25, -0.2) is 9.78 Å². The molecule has 3 rings (SSSR count). The third-order valence-electron chi connectivity index (χ3n) is 4.81. The second kappa shape index (κ2) is 7.74. The van der Waals surface area contributed by atoms with Gasteiger partial charge < -0.3 is 5.32 Å². The molecule has 2 heterocycles. The first kappa shape index (κ1) is 16.9. The molecule has 0 aromatic carbocycles. The Balaban J connectivity index is 1.39. The van der Waals surface area contributed by atoms with Crippen LogP contribution in [-0.2, 0) is 4.79 Å². The lowest BCUT2D eigenvalue weighted by molar-refractivity contribution is -0.120. The Bertz CT molecular complexity index is 581. The predicted octanol–water partition coefficient (Wildman–Crippen LogP) is 1.06. The van der Waals surface area contributed by atoms with E-state index in [1.54, 1.807) is 0 Å². The van der Waals surface area contributed by atoms with Gasteiger partial charge in [0.2, 0.25) is 5.91 Å². The maximum atomic E-state index is 12.0. The van der Waals surface area contributed by atoms with E-state index in [2.05, 4.69) is 25.8 Å². The number of amides is 3. The van der Waals surface area contributed by atoms with Crippen LogP contribution in [0.1, 0.15) is 56.1 Å². The Morgan fingerprint density at radius 2 is 2.04 bits per heavy atom. The number of urea groups is 1. The molecule has 1 saturated carbocycles. The van der Waals surface area contributed by atoms with Crippen molar-refractivity contribution in [2.45, 2.75) is 57.4 Å². The van der Waals surface area contributed by atoms with Crippen LogP contribution in [0.15, 0.2) is 0 Å². The molecule has 3 amide bonds. The van der Waals surface area contributed by atoms with Gasteiger partial charge >= 0.3 is 6.03 Å². The molecule has 2 fully saturated rings. The third kappa shape index (κ3) is 4.53. The lowest BCUT2D eigenvalue weighted by Gasteiger charge is -2.23. The summed E-state index contributed by atoms with van der Waals surface area (Å²) in [5.41, 5.74) is 0. The van der Waals surface area contributed by atoms with Crippen molar-refractivity contribution in [1.82, 2.24) is 30.7 Å². The van der Waals surface area contributed by atoms with Crippen LogP contribution in [-0.4, -0.2) is 57.7 Å². The highest BCUT2D eigenvalue weighted by molar-refractivity contribution is 5.95. The molecule has 0 spiro atoms. The number of carbonyl (C=O) groups excluding carboxylic acids is 2. The van der Waals surface area contributed by atoms with Gasteiger partial charge in [-0.1, -0.05) is 19.3 Å². The molecule has 132 valence electrons. The Kier molecular flexibility index (Phi) is 5.44. The number of hydrogen-bond acceptors (Lipinski definition) is 5. The number of hydrogen-bond donors (Lipinski definition) is 3. The number of carbonyl (C=O) groups is 2. The SMILES string of the molecule is Cc1nc(C2CCN(CC(=O)NC(=O)NC3CCCCC3)C2)n[nH]1. The Labute approximate surface area is 141 Å². The second-order valence-corrected chi connectivity index (χ2v) is 6.86. The average Bonchev–Trinajstić information content (AvgIpc) is 3.17. The molecule has 2 aliphatic rings. The largest absolute Gasteiger partial charge is 0.335 e. The summed E-state index contributed by atoms with van der Waals surface area (Å²) in [7, 11) is 0. The average molecular weight is 334 g/mol. The van der Waals surface area contributed by atoms with Crippen LogP contribution in [0.4, 0.5) is 4.79 Å². The number of aryl methyl sites for hydroxylation is 1. The van der Waals surface area contributed by atoms with Crippen LogP contribution in [0, 0.1) is 6.92 Å². The molecule has 1 unspecified atom stereocenters. The van der Waals surface area contributed by atoms with Crippen molar-refractivity contribution in [2.75, 3.05) is 19.6 Å². The fourth-order valence-corrected chi connectivity index (χ4v) is 3.57. The van der Waals surface area contributed by atoms with E-state index < -0.39 is 0 Å². The Morgan fingerprint density at radius 3 is 2.75 bits per heavy atom. The molecule has 1 saturated heterocycles. The van der Waals surface area contributed by atoms with Gasteiger partial charge in [0.15, 0.2) is 5.82 Å². The number of likely N-dealkylation sites (tertiary alicyclic amines) is 1. The molecule has 0 bridgehead atoms. The summed E-state index contributed by atoms with van der Waals surface area (Å²) in [6, 6.07) is -0.163. The summed E-state index contributed by atoms with van der Waals surface area (Å²) >= 11 is 0. The summed E-state index contributed by atoms with van der Waals surface area (Å²) in [4.78, 5) is 30.3. The highest BCUT2D eigenvalue weighted by atomic mass is 16.2. The number of H-pyrrole nitrogens is 1. The highest BCUT2D eigenvalue weighted by Crippen LogP contribution is 2.24. The van der Waals surface area contributed by atoms with Crippen molar-refractivity contribution in [1.29, 1.82) is 0 Å². The maximum absolute atomic E-state index is 12.0.